The number of sulfonamides is 1. The van der Waals surface area contributed by atoms with E-state index in [-0.39, 0.29) is 18.7 Å². The number of ether oxygens (including phenoxy) is 1. The number of hydrogen-bond acceptors (Lipinski definition) is 4. The molecule has 0 fully saturated rings. The second kappa shape index (κ2) is 6.95. The average Bonchev–Trinajstić information content (AvgIpc) is 2.40. The standard InChI is InChI=1S/C12H18BrFN2O3S/c1-8(7-19-3)16(2)20(17,18)11-5-10(13)4-9(6-15)12(11)14/h4-5,8H,6-7,15H2,1-3H3. The Morgan fingerprint density at radius 3 is 2.60 bits per heavy atom. The first-order chi connectivity index (χ1) is 9.25. The van der Waals surface area contributed by atoms with E-state index in [4.69, 9.17) is 10.5 Å². The number of rotatable bonds is 6. The van der Waals surface area contributed by atoms with Gasteiger partial charge >= 0.3 is 0 Å². The molecule has 1 aromatic rings. The number of methoxy groups -OCH3 is 1. The van der Waals surface area contributed by atoms with E-state index in [0.717, 1.165) is 4.31 Å². The molecule has 5 nitrogen and oxygen atoms in total. The molecule has 0 bridgehead atoms. The lowest BCUT2D eigenvalue weighted by molar-refractivity contribution is 0.149. The third kappa shape index (κ3) is 3.56. The first kappa shape index (κ1) is 17.5. The van der Waals surface area contributed by atoms with Gasteiger partial charge in [0.1, 0.15) is 10.7 Å². The molecule has 0 saturated heterocycles. The molecule has 1 atom stereocenters. The zero-order valence-corrected chi connectivity index (χ0v) is 14.0. The molecule has 1 aromatic carbocycles. The number of likely N-dealkylation sites (N-methyl/N-ethyl adjacent to an activating group) is 1. The summed E-state index contributed by atoms with van der Waals surface area (Å²) in [6.45, 7) is 1.82. The summed E-state index contributed by atoms with van der Waals surface area (Å²) in [5.74, 6) is -0.813. The van der Waals surface area contributed by atoms with Crippen LogP contribution in [0.3, 0.4) is 0 Å². The topological polar surface area (TPSA) is 72.6 Å². The first-order valence-electron chi connectivity index (χ1n) is 5.90. The van der Waals surface area contributed by atoms with Gasteiger partial charge in [0.15, 0.2) is 0 Å². The van der Waals surface area contributed by atoms with Crippen molar-refractivity contribution in [3.8, 4) is 0 Å². The van der Waals surface area contributed by atoms with Crippen LogP contribution in [0, 0.1) is 5.82 Å². The fourth-order valence-electron chi connectivity index (χ4n) is 1.69. The molecule has 1 rings (SSSR count). The van der Waals surface area contributed by atoms with Crippen LogP contribution in [-0.4, -0.2) is 39.5 Å². The zero-order chi connectivity index (χ0) is 15.5. The molecule has 8 heteroatoms. The van der Waals surface area contributed by atoms with Gasteiger partial charge in [-0.1, -0.05) is 15.9 Å². The van der Waals surface area contributed by atoms with E-state index in [1.807, 2.05) is 0 Å². The monoisotopic (exact) mass is 368 g/mol. The third-order valence-electron chi connectivity index (χ3n) is 2.98. The van der Waals surface area contributed by atoms with Gasteiger partial charge < -0.3 is 10.5 Å². The van der Waals surface area contributed by atoms with E-state index >= 15 is 0 Å². The highest BCUT2D eigenvalue weighted by Gasteiger charge is 2.29. The Hall–Kier alpha value is -0.540. The molecular weight excluding hydrogens is 351 g/mol. The lowest BCUT2D eigenvalue weighted by atomic mass is 10.2. The molecular formula is C12H18BrFN2O3S. The minimum atomic E-state index is -3.95. The smallest absolute Gasteiger partial charge is 0.246 e. The fourth-order valence-corrected chi connectivity index (χ4v) is 3.83. The van der Waals surface area contributed by atoms with Crippen LogP contribution in [0.4, 0.5) is 4.39 Å². The van der Waals surface area contributed by atoms with Crippen LogP contribution in [0.2, 0.25) is 0 Å². The van der Waals surface area contributed by atoms with Crippen molar-refractivity contribution in [2.24, 2.45) is 5.73 Å². The van der Waals surface area contributed by atoms with Crippen molar-refractivity contribution >= 4 is 26.0 Å². The number of nitrogens with two attached hydrogens (primary N) is 1. The Labute approximate surface area is 127 Å². The van der Waals surface area contributed by atoms with Crippen LogP contribution in [0.5, 0.6) is 0 Å². The van der Waals surface area contributed by atoms with Crippen molar-refractivity contribution < 1.29 is 17.5 Å². The summed E-state index contributed by atoms with van der Waals surface area (Å²) in [5.41, 5.74) is 5.57. The number of benzene rings is 1. The van der Waals surface area contributed by atoms with Gasteiger partial charge in [0.05, 0.1) is 6.61 Å². The van der Waals surface area contributed by atoms with E-state index < -0.39 is 26.8 Å². The molecule has 0 aliphatic rings. The Kier molecular flexibility index (Phi) is 6.08. The minimum absolute atomic E-state index is 0.0782. The lowest BCUT2D eigenvalue weighted by Crippen LogP contribution is -2.38. The van der Waals surface area contributed by atoms with Gasteiger partial charge in [-0.25, -0.2) is 12.8 Å². The maximum absolute atomic E-state index is 14.2. The molecule has 0 heterocycles. The third-order valence-corrected chi connectivity index (χ3v) is 5.41. The molecule has 0 saturated carbocycles. The average molecular weight is 369 g/mol. The molecule has 2 N–H and O–H groups in total. The van der Waals surface area contributed by atoms with E-state index in [1.54, 1.807) is 6.92 Å². The van der Waals surface area contributed by atoms with Gasteiger partial charge in [0.25, 0.3) is 0 Å². The zero-order valence-electron chi connectivity index (χ0n) is 11.6. The van der Waals surface area contributed by atoms with Crippen molar-refractivity contribution in [3.63, 3.8) is 0 Å². The second-order valence-corrected chi connectivity index (χ2v) is 7.29. The molecule has 0 aromatic heterocycles. The number of halogens is 2. The lowest BCUT2D eigenvalue weighted by Gasteiger charge is -2.24. The predicted octanol–water partition coefficient (Wildman–Crippen LogP) is 1.70. The molecule has 0 spiro atoms. The van der Waals surface area contributed by atoms with Crippen LogP contribution >= 0.6 is 15.9 Å². The van der Waals surface area contributed by atoms with Crippen molar-refractivity contribution in [2.75, 3.05) is 20.8 Å². The Morgan fingerprint density at radius 2 is 2.10 bits per heavy atom. The highest BCUT2D eigenvalue weighted by Crippen LogP contribution is 2.26. The van der Waals surface area contributed by atoms with Crippen molar-refractivity contribution in [1.29, 1.82) is 0 Å². The SMILES string of the molecule is COCC(C)N(C)S(=O)(=O)c1cc(Br)cc(CN)c1F. The van der Waals surface area contributed by atoms with Gasteiger partial charge in [-0.15, -0.1) is 0 Å². The summed E-state index contributed by atoms with van der Waals surface area (Å²) in [5, 5.41) is 0. The quantitative estimate of drug-likeness (QED) is 0.829. The predicted molar refractivity (Wildman–Crippen MR) is 78.3 cm³/mol. The molecule has 1 unspecified atom stereocenters. The molecule has 0 amide bonds. The Balaban J connectivity index is 3.32. The number of hydrogen-bond donors (Lipinski definition) is 1. The Morgan fingerprint density at radius 1 is 1.50 bits per heavy atom. The summed E-state index contributed by atoms with van der Waals surface area (Å²) in [6.07, 6.45) is 0. The normalized spacial score (nSPS) is 13.8. The maximum atomic E-state index is 14.2. The van der Waals surface area contributed by atoms with Crippen LogP contribution in [-0.2, 0) is 21.3 Å². The summed E-state index contributed by atoms with van der Waals surface area (Å²) in [7, 11) is -1.09. The van der Waals surface area contributed by atoms with Crippen LogP contribution in [0.25, 0.3) is 0 Å². The molecule has 20 heavy (non-hydrogen) atoms. The van der Waals surface area contributed by atoms with Gasteiger partial charge in [-0.3, -0.25) is 0 Å². The Bertz CT molecular complexity index is 580. The van der Waals surface area contributed by atoms with E-state index in [9.17, 15) is 12.8 Å². The highest BCUT2D eigenvalue weighted by molar-refractivity contribution is 9.10. The first-order valence-corrected chi connectivity index (χ1v) is 8.14. The minimum Gasteiger partial charge on any atom is -0.383 e. The van der Waals surface area contributed by atoms with Crippen molar-refractivity contribution in [2.45, 2.75) is 24.4 Å². The van der Waals surface area contributed by atoms with Crippen molar-refractivity contribution in [1.82, 2.24) is 4.31 Å². The van der Waals surface area contributed by atoms with Gasteiger partial charge in [-0.2, -0.15) is 4.31 Å². The number of nitrogens with zero attached hydrogens (tertiary/aromatic N) is 1. The van der Waals surface area contributed by atoms with Crippen LogP contribution in [0.15, 0.2) is 21.5 Å². The second-order valence-electron chi connectivity index (χ2n) is 4.41. The fraction of sp³-hybridized carbons (Fsp3) is 0.500. The summed E-state index contributed by atoms with van der Waals surface area (Å²) in [4.78, 5) is -0.391. The van der Waals surface area contributed by atoms with E-state index in [1.165, 1.54) is 26.3 Å². The van der Waals surface area contributed by atoms with Crippen LogP contribution < -0.4 is 5.73 Å². The van der Waals surface area contributed by atoms with E-state index in [2.05, 4.69) is 15.9 Å². The highest BCUT2D eigenvalue weighted by atomic mass is 79.9. The molecule has 0 aliphatic carbocycles. The van der Waals surface area contributed by atoms with Crippen LogP contribution in [0.1, 0.15) is 12.5 Å². The summed E-state index contributed by atoms with van der Waals surface area (Å²) >= 11 is 3.17. The largest absolute Gasteiger partial charge is 0.383 e. The summed E-state index contributed by atoms with van der Waals surface area (Å²) in [6, 6.07) is 2.29. The van der Waals surface area contributed by atoms with Gasteiger partial charge in [-0.05, 0) is 19.1 Å². The molecule has 0 aliphatic heterocycles. The van der Waals surface area contributed by atoms with Crippen molar-refractivity contribution in [3.05, 3.63) is 28.0 Å². The molecule has 114 valence electrons. The maximum Gasteiger partial charge on any atom is 0.246 e. The molecule has 0 radical (unpaired) electrons. The summed E-state index contributed by atoms with van der Waals surface area (Å²) < 4.78 is 45.6. The van der Waals surface area contributed by atoms with Gasteiger partial charge in [0.2, 0.25) is 10.0 Å². The van der Waals surface area contributed by atoms with Gasteiger partial charge in [0, 0.05) is 36.8 Å². The van der Waals surface area contributed by atoms with E-state index in [0.29, 0.717) is 4.47 Å².